The summed E-state index contributed by atoms with van der Waals surface area (Å²) in [5.41, 5.74) is 5.49. The standard InChI is InChI=1S/C12H20N2O2/c1-3-10(8-13)12(15)14-7-6-11-5-4-9(2)16-11/h4-5,10H,3,6-8,13H2,1-2H3,(H,14,15). The Hall–Kier alpha value is -1.29. The van der Waals surface area contributed by atoms with Crippen LogP contribution < -0.4 is 11.1 Å². The molecule has 1 amide bonds. The van der Waals surface area contributed by atoms with Crippen LogP contribution in [0.4, 0.5) is 0 Å². The van der Waals surface area contributed by atoms with E-state index in [-0.39, 0.29) is 11.8 Å². The van der Waals surface area contributed by atoms with Crippen LogP contribution >= 0.6 is 0 Å². The van der Waals surface area contributed by atoms with Gasteiger partial charge in [0, 0.05) is 25.4 Å². The molecule has 0 aliphatic heterocycles. The molecule has 1 rings (SSSR count). The number of carbonyl (C=O) groups is 1. The molecule has 90 valence electrons. The normalized spacial score (nSPS) is 12.4. The summed E-state index contributed by atoms with van der Waals surface area (Å²) in [5, 5.41) is 2.86. The molecule has 0 radical (unpaired) electrons. The van der Waals surface area contributed by atoms with Crippen LogP contribution in [0.15, 0.2) is 16.5 Å². The van der Waals surface area contributed by atoms with E-state index < -0.39 is 0 Å². The van der Waals surface area contributed by atoms with E-state index in [4.69, 9.17) is 10.2 Å². The molecule has 0 spiro atoms. The van der Waals surface area contributed by atoms with Crippen LogP contribution in [0.3, 0.4) is 0 Å². The Morgan fingerprint density at radius 3 is 2.81 bits per heavy atom. The molecular weight excluding hydrogens is 204 g/mol. The highest BCUT2D eigenvalue weighted by atomic mass is 16.3. The van der Waals surface area contributed by atoms with Gasteiger partial charge in [-0.15, -0.1) is 0 Å². The second-order valence-corrected chi connectivity index (χ2v) is 3.89. The fraction of sp³-hybridized carbons (Fsp3) is 0.583. The van der Waals surface area contributed by atoms with Crippen molar-refractivity contribution in [2.24, 2.45) is 11.7 Å². The first-order valence-electron chi connectivity index (χ1n) is 5.70. The van der Waals surface area contributed by atoms with Crippen LogP contribution in [0.1, 0.15) is 24.9 Å². The van der Waals surface area contributed by atoms with Crippen LogP contribution in [0.25, 0.3) is 0 Å². The smallest absolute Gasteiger partial charge is 0.224 e. The van der Waals surface area contributed by atoms with E-state index in [0.29, 0.717) is 13.1 Å². The minimum Gasteiger partial charge on any atom is -0.466 e. The Balaban J connectivity index is 2.27. The van der Waals surface area contributed by atoms with Gasteiger partial charge in [-0.1, -0.05) is 6.92 Å². The van der Waals surface area contributed by atoms with Gasteiger partial charge in [-0.2, -0.15) is 0 Å². The van der Waals surface area contributed by atoms with Crippen molar-refractivity contribution in [3.63, 3.8) is 0 Å². The van der Waals surface area contributed by atoms with Gasteiger partial charge in [0.25, 0.3) is 0 Å². The van der Waals surface area contributed by atoms with Crippen LogP contribution in [0.5, 0.6) is 0 Å². The highest BCUT2D eigenvalue weighted by Gasteiger charge is 2.13. The Morgan fingerprint density at radius 1 is 1.56 bits per heavy atom. The lowest BCUT2D eigenvalue weighted by Gasteiger charge is -2.11. The van der Waals surface area contributed by atoms with E-state index in [1.165, 1.54) is 0 Å². The van der Waals surface area contributed by atoms with E-state index in [2.05, 4.69) is 5.32 Å². The Bertz CT molecular complexity index is 330. The maximum absolute atomic E-state index is 11.6. The number of nitrogens with two attached hydrogens (primary N) is 1. The summed E-state index contributed by atoms with van der Waals surface area (Å²) in [7, 11) is 0. The number of hydrogen-bond donors (Lipinski definition) is 2. The average Bonchev–Trinajstić information content (AvgIpc) is 2.66. The number of hydrogen-bond acceptors (Lipinski definition) is 3. The van der Waals surface area contributed by atoms with Gasteiger partial charge in [-0.3, -0.25) is 4.79 Å². The molecule has 1 unspecified atom stereocenters. The first-order valence-corrected chi connectivity index (χ1v) is 5.70. The molecule has 4 nitrogen and oxygen atoms in total. The van der Waals surface area contributed by atoms with Gasteiger partial charge < -0.3 is 15.5 Å². The molecule has 0 bridgehead atoms. The molecule has 16 heavy (non-hydrogen) atoms. The fourth-order valence-corrected chi connectivity index (χ4v) is 1.53. The maximum atomic E-state index is 11.6. The van der Waals surface area contributed by atoms with Crippen molar-refractivity contribution >= 4 is 5.91 Å². The molecule has 3 N–H and O–H groups in total. The molecule has 0 aliphatic carbocycles. The summed E-state index contributed by atoms with van der Waals surface area (Å²) in [6, 6.07) is 3.85. The fourth-order valence-electron chi connectivity index (χ4n) is 1.53. The number of furan rings is 1. The topological polar surface area (TPSA) is 68.3 Å². The highest BCUT2D eigenvalue weighted by Crippen LogP contribution is 2.06. The van der Waals surface area contributed by atoms with Gasteiger partial charge >= 0.3 is 0 Å². The van der Waals surface area contributed by atoms with Gasteiger partial charge in [0.05, 0.1) is 0 Å². The summed E-state index contributed by atoms with van der Waals surface area (Å²) in [5.74, 6) is 1.76. The second kappa shape index (κ2) is 6.33. The van der Waals surface area contributed by atoms with E-state index in [9.17, 15) is 4.79 Å². The molecular formula is C12H20N2O2. The number of nitrogens with one attached hydrogen (secondary N) is 1. The molecule has 1 heterocycles. The van der Waals surface area contributed by atoms with E-state index in [1.807, 2.05) is 26.0 Å². The summed E-state index contributed by atoms with van der Waals surface area (Å²) in [4.78, 5) is 11.6. The molecule has 1 atom stereocenters. The van der Waals surface area contributed by atoms with E-state index >= 15 is 0 Å². The van der Waals surface area contributed by atoms with Crippen molar-refractivity contribution in [1.82, 2.24) is 5.32 Å². The Labute approximate surface area is 96.2 Å². The predicted octanol–water partition coefficient (Wildman–Crippen LogP) is 1.23. The first-order chi connectivity index (χ1) is 7.67. The van der Waals surface area contributed by atoms with Crippen molar-refractivity contribution in [3.8, 4) is 0 Å². The Kier molecular flexibility index (Phi) is 5.05. The lowest BCUT2D eigenvalue weighted by atomic mass is 10.1. The summed E-state index contributed by atoms with van der Waals surface area (Å²) < 4.78 is 5.40. The molecule has 1 aromatic rings. The van der Waals surface area contributed by atoms with Crippen LogP contribution in [-0.2, 0) is 11.2 Å². The number of amides is 1. The van der Waals surface area contributed by atoms with Gasteiger partial charge in [0.2, 0.25) is 5.91 Å². The second-order valence-electron chi connectivity index (χ2n) is 3.89. The van der Waals surface area contributed by atoms with Crippen LogP contribution in [0, 0.1) is 12.8 Å². The molecule has 0 aromatic carbocycles. The van der Waals surface area contributed by atoms with Crippen molar-refractivity contribution in [1.29, 1.82) is 0 Å². The third-order valence-electron chi connectivity index (χ3n) is 2.61. The molecule has 0 fully saturated rings. The van der Waals surface area contributed by atoms with Gasteiger partial charge in [0.1, 0.15) is 11.5 Å². The van der Waals surface area contributed by atoms with Crippen molar-refractivity contribution in [2.75, 3.05) is 13.1 Å². The van der Waals surface area contributed by atoms with Crippen molar-refractivity contribution < 1.29 is 9.21 Å². The summed E-state index contributed by atoms with van der Waals surface area (Å²) >= 11 is 0. The third kappa shape index (κ3) is 3.70. The van der Waals surface area contributed by atoms with Crippen LogP contribution in [-0.4, -0.2) is 19.0 Å². The maximum Gasteiger partial charge on any atom is 0.224 e. The molecule has 0 saturated heterocycles. The highest BCUT2D eigenvalue weighted by molar-refractivity contribution is 5.78. The minimum atomic E-state index is -0.0710. The van der Waals surface area contributed by atoms with Crippen molar-refractivity contribution in [3.05, 3.63) is 23.7 Å². The lowest BCUT2D eigenvalue weighted by molar-refractivity contribution is -0.124. The predicted molar refractivity (Wildman–Crippen MR) is 63.0 cm³/mol. The quantitative estimate of drug-likeness (QED) is 0.763. The van der Waals surface area contributed by atoms with Crippen LogP contribution in [0.2, 0.25) is 0 Å². The lowest BCUT2D eigenvalue weighted by Crippen LogP contribution is -2.35. The summed E-state index contributed by atoms with van der Waals surface area (Å²) in [6.45, 7) is 4.88. The van der Waals surface area contributed by atoms with E-state index in [0.717, 1.165) is 24.4 Å². The number of aryl methyl sites for hydroxylation is 1. The van der Waals surface area contributed by atoms with Crippen molar-refractivity contribution in [2.45, 2.75) is 26.7 Å². The largest absolute Gasteiger partial charge is 0.466 e. The molecule has 1 aromatic heterocycles. The summed E-state index contributed by atoms with van der Waals surface area (Å²) in [6.07, 6.45) is 1.50. The zero-order valence-corrected chi connectivity index (χ0v) is 9.95. The first kappa shape index (κ1) is 12.8. The number of rotatable bonds is 6. The zero-order valence-electron chi connectivity index (χ0n) is 9.95. The minimum absolute atomic E-state index is 0.0354. The number of carbonyl (C=O) groups excluding carboxylic acids is 1. The molecule has 0 saturated carbocycles. The molecule has 0 aliphatic rings. The van der Waals surface area contributed by atoms with Gasteiger partial charge in [-0.25, -0.2) is 0 Å². The SMILES string of the molecule is CCC(CN)C(=O)NCCc1ccc(C)o1. The average molecular weight is 224 g/mol. The zero-order chi connectivity index (χ0) is 12.0. The van der Waals surface area contributed by atoms with Gasteiger partial charge in [0.15, 0.2) is 0 Å². The molecule has 4 heteroatoms. The monoisotopic (exact) mass is 224 g/mol. The third-order valence-corrected chi connectivity index (χ3v) is 2.61. The van der Waals surface area contributed by atoms with E-state index in [1.54, 1.807) is 0 Å². The van der Waals surface area contributed by atoms with Gasteiger partial charge in [-0.05, 0) is 25.5 Å². The Morgan fingerprint density at radius 2 is 2.31 bits per heavy atom.